The third-order valence-corrected chi connectivity index (χ3v) is 9.14. The van der Waals surface area contributed by atoms with Crippen LogP contribution in [0.3, 0.4) is 0 Å². The Morgan fingerprint density at radius 2 is 2.04 bits per heavy atom. The third-order valence-electron chi connectivity index (χ3n) is 9.14. The fourth-order valence-electron chi connectivity index (χ4n) is 7.82. The minimum absolute atomic E-state index is 0.0639. The van der Waals surface area contributed by atoms with Gasteiger partial charge in [0.2, 0.25) is 0 Å². The number of hydrogen-bond donors (Lipinski definition) is 2. The van der Waals surface area contributed by atoms with Gasteiger partial charge in [0.1, 0.15) is 5.83 Å². The summed E-state index contributed by atoms with van der Waals surface area (Å²) in [5, 5.41) is 19.7. The van der Waals surface area contributed by atoms with Crippen LogP contribution >= 0.6 is 0 Å². The molecule has 0 heterocycles. The monoisotopic (exact) mass is 362 g/mol. The fraction of sp³-hybridized carbons (Fsp3) is 0.826. The number of fused-ring (bicyclic) bond motifs is 5. The molecule has 26 heavy (non-hydrogen) atoms. The molecule has 7 atom stereocenters. The molecule has 0 aromatic heterocycles. The predicted octanol–water partition coefficient (Wildman–Crippen LogP) is 5.16. The molecule has 0 amide bonds. The van der Waals surface area contributed by atoms with Gasteiger partial charge in [-0.2, -0.15) is 0 Å². The second-order valence-electron chi connectivity index (χ2n) is 9.86. The van der Waals surface area contributed by atoms with E-state index in [1.165, 1.54) is 5.57 Å². The topological polar surface area (TPSA) is 40.5 Å². The Bertz CT molecular complexity index is 638. The zero-order valence-electron chi connectivity index (χ0n) is 16.6. The fourth-order valence-corrected chi connectivity index (χ4v) is 7.82. The number of hydrogen-bond acceptors (Lipinski definition) is 2. The molecule has 2 nitrogen and oxygen atoms in total. The first-order chi connectivity index (χ1) is 12.4. The van der Waals surface area contributed by atoms with Crippen molar-refractivity contribution in [1.29, 1.82) is 0 Å². The van der Waals surface area contributed by atoms with E-state index in [9.17, 15) is 14.6 Å². The molecule has 0 aromatic rings. The molecule has 0 unspecified atom stereocenters. The van der Waals surface area contributed by atoms with Crippen molar-refractivity contribution in [2.24, 2.45) is 34.5 Å². The van der Waals surface area contributed by atoms with Crippen LogP contribution in [0.4, 0.5) is 4.39 Å². The molecule has 3 fully saturated rings. The van der Waals surface area contributed by atoms with Crippen molar-refractivity contribution in [2.75, 3.05) is 6.61 Å². The van der Waals surface area contributed by atoms with Crippen LogP contribution in [0.2, 0.25) is 0 Å². The second-order valence-corrected chi connectivity index (χ2v) is 9.86. The maximum absolute atomic E-state index is 14.4. The van der Waals surface area contributed by atoms with Crippen LogP contribution in [0.1, 0.15) is 72.1 Å². The highest BCUT2D eigenvalue weighted by molar-refractivity contribution is 5.31. The largest absolute Gasteiger partial charge is 0.393 e. The SMILES string of the molecule is CC[C@H]1C[C@H](O)CC2=CC[C@@H]3[C@H](CC[C@]4(C)C(=C(F)CO)CC[C@@H]34)[C@]21C. The van der Waals surface area contributed by atoms with Gasteiger partial charge < -0.3 is 10.2 Å². The van der Waals surface area contributed by atoms with Crippen LogP contribution in [0, 0.1) is 34.5 Å². The predicted molar refractivity (Wildman–Crippen MR) is 102 cm³/mol. The van der Waals surface area contributed by atoms with Gasteiger partial charge in [0.15, 0.2) is 0 Å². The van der Waals surface area contributed by atoms with Crippen molar-refractivity contribution in [3.63, 3.8) is 0 Å². The van der Waals surface area contributed by atoms with E-state index in [1.807, 2.05) is 0 Å². The van der Waals surface area contributed by atoms with Crippen molar-refractivity contribution in [2.45, 2.75) is 78.2 Å². The lowest BCUT2D eigenvalue weighted by Crippen LogP contribution is -2.53. The van der Waals surface area contributed by atoms with Gasteiger partial charge in [-0.25, -0.2) is 4.39 Å². The Labute approximate surface area is 157 Å². The molecule has 3 saturated carbocycles. The first-order valence-corrected chi connectivity index (χ1v) is 10.7. The van der Waals surface area contributed by atoms with Crippen molar-refractivity contribution in [3.8, 4) is 0 Å². The molecule has 0 spiro atoms. The molecule has 2 N–H and O–H groups in total. The van der Waals surface area contributed by atoms with Crippen molar-refractivity contribution < 1.29 is 14.6 Å². The molecule has 4 aliphatic carbocycles. The molecular weight excluding hydrogens is 327 g/mol. The maximum atomic E-state index is 14.4. The zero-order chi connectivity index (χ0) is 18.7. The molecule has 3 heteroatoms. The minimum Gasteiger partial charge on any atom is -0.393 e. The first-order valence-electron chi connectivity index (χ1n) is 10.7. The summed E-state index contributed by atoms with van der Waals surface area (Å²) in [5.74, 6) is 2.11. The highest BCUT2D eigenvalue weighted by Gasteiger charge is 2.59. The van der Waals surface area contributed by atoms with Crippen molar-refractivity contribution in [3.05, 3.63) is 23.0 Å². The number of aliphatic hydroxyl groups excluding tert-OH is 2. The Morgan fingerprint density at radius 3 is 2.73 bits per heavy atom. The van der Waals surface area contributed by atoms with Gasteiger partial charge in [-0.15, -0.1) is 0 Å². The van der Waals surface area contributed by atoms with Gasteiger partial charge in [-0.1, -0.05) is 38.8 Å². The summed E-state index contributed by atoms with van der Waals surface area (Å²) in [6.07, 6.45) is 10.4. The van der Waals surface area contributed by atoms with Crippen LogP contribution < -0.4 is 0 Å². The summed E-state index contributed by atoms with van der Waals surface area (Å²) in [7, 11) is 0. The number of allylic oxidation sites excluding steroid dienone is 2. The van der Waals surface area contributed by atoms with Gasteiger partial charge in [-0.05, 0) is 85.0 Å². The minimum atomic E-state index is -0.441. The van der Waals surface area contributed by atoms with Crippen LogP contribution in [-0.2, 0) is 0 Å². The van der Waals surface area contributed by atoms with Gasteiger partial charge >= 0.3 is 0 Å². The molecule has 0 aliphatic heterocycles. The van der Waals surface area contributed by atoms with Crippen LogP contribution in [0.5, 0.6) is 0 Å². The first kappa shape index (κ1) is 18.7. The number of halogens is 1. The average molecular weight is 363 g/mol. The lowest BCUT2D eigenvalue weighted by molar-refractivity contribution is -0.0591. The van der Waals surface area contributed by atoms with E-state index in [0.717, 1.165) is 56.9 Å². The van der Waals surface area contributed by atoms with Crippen LogP contribution in [-0.4, -0.2) is 22.9 Å². The smallest absolute Gasteiger partial charge is 0.125 e. The quantitative estimate of drug-likeness (QED) is 0.666. The van der Waals surface area contributed by atoms with Gasteiger partial charge in [0.05, 0.1) is 12.7 Å². The van der Waals surface area contributed by atoms with Gasteiger partial charge in [0.25, 0.3) is 0 Å². The summed E-state index contributed by atoms with van der Waals surface area (Å²) in [6, 6.07) is 0. The van der Waals surface area contributed by atoms with E-state index < -0.39 is 6.61 Å². The third kappa shape index (κ3) is 2.42. The standard InChI is InChI=1S/C23H35FO2/c1-4-14-11-16(26)12-15-5-6-17-18-7-8-20(21(24)13-25)22(18,2)10-9-19(17)23(14,15)3/h5,14,16-19,25-26H,4,6-13H2,1-3H3/t14-,16-,17-,18-,19-,22-,23-/m0/s1. The molecule has 146 valence electrons. The lowest BCUT2D eigenvalue weighted by Gasteiger charge is -2.60. The van der Waals surface area contributed by atoms with E-state index >= 15 is 0 Å². The number of rotatable bonds is 2. The molecule has 4 rings (SSSR count). The van der Waals surface area contributed by atoms with E-state index in [4.69, 9.17) is 0 Å². The van der Waals surface area contributed by atoms with Gasteiger partial charge in [-0.3, -0.25) is 0 Å². The molecule has 0 radical (unpaired) electrons. The second kappa shape index (κ2) is 6.44. The van der Waals surface area contributed by atoms with E-state index in [-0.39, 0.29) is 22.8 Å². The molecule has 4 aliphatic rings. The van der Waals surface area contributed by atoms with Crippen molar-refractivity contribution in [1.82, 2.24) is 0 Å². The highest BCUT2D eigenvalue weighted by atomic mass is 19.1. The summed E-state index contributed by atoms with van der Waals surface area (Å²) in [4.78, 5) is 0. The lowest BCUT2D eigenvalue weighted by atomic mass is 9.45. The van der Waals surface area contributed by atoms with E-state index in [2.05, 4.69) is 26.8 Å². The highest BCUT2D eigenvalue weighted by Crippen LogP contribution is 2.67. The van der Waals surface area contributed by atoms with Crippen LogP contribution in [0.25, 0.3) is 0 Å². The molecule has 0 saturated heterocycles. The van der Waals surface area contributed by atoms with E-state index in [0.29, 0.717) is 23.7 Å². The Hall–Kier alpha value is -0.670. The van der Waals surface area contributed by atoms with Crippen LogP contribution in [0.15, 0.2) is 23.0 Å². The Kier molecular flexibility index (Phi) is 4.63. The normalized spacial score (nSPS) is 49.8. The Morgan fingerprint density at radius 1 is 1.27 bits per heavy atom. The molecule has 0 bridgehead atoms. The summed E-state index contributed by atoms with van der Waals surface area (Å²) < 4.78 is 14.4. The van der Waals surface area contributed by atoms with Gasteiger partial charge in [0, 0.05) is 0 Å². The zero-order valence-corrected chi connectivity index (χ0v) is 16.6. The summed E-state index contributed by atoms with van der Waals surface area (Å²) >= 11 is 0. The Balaban J connectivity index is 1.71. The van der Waals surface area contributed by atoms with E-state index in [1.54, 1.807) is 0 Å². The van der Waals surface area contributed by atoms with Crippen molar-refractivity contribution >= 4 is 0 Å². The summed E-state index contributed by atoms with van der Waals surface area (Å²) in [5.41, 5.74) is 2.56. The molecular formula is C23H35FO2. The molecule has 0 aromatic carbocycles. The number of aliphatic hydroxyl groups is 2. The average Bonchev–Trinajstić information content (AvgIpc) is 2.98. The summed E-state index contributed by atoms with van der Waals surface area (Å²) in [6.45, 7) is 6.56. The maximum Gasteiger partial charge on any atom is 0.125 e.